The standard InChI is InChI=1S/C12H13Br2NO/c13-9-4-3-7-15(8-9)12(16)10-5-1-2-6-11(10)14/h1-2,5-6,9H,3-4,7-8H2. The topological polar surface area (TPSA) is 20.3 Å². The van der Waals surface area contributed by atoms with Crippen LogP contribution in [0.1, 0.15) is 23.2 Å². The molecule has 0 aliphatic carbocycles. The van der Waals surface area contributed by atoms with E-state index in [4.69, 9.17) is 0 Å². The van der Waals surface area contributed by atoms with E-state index in [-0.39, 0.29) is 5.91 Å². The molecule has 0 spiro atoms. The van der Waals surface area contributed by atoms with Gasteiger partial charge in [0.05, 0.1) is 5.56 Å². The first kappa shape index (κ1) is 12.1. The molecule has 1 heterocycles. The number of carbonyl (C=O) groups excluding carboxylic acids is 1. The lowest BCUT2D eigenvalue weighted by Gasteiger charge is -2.30. The predicted molar refractivity (Wildman–Crippen MR) is 72.0 cm³/mol. The predicted octanol–water partition coefficient (Wildman–Crippen LogP) is 3.45. The minimum absolute atomic E-state index is 0.122. The van der Waals surface area contributed by atoms with Gasteiger partial charge < -0.3 is 4.90 Å². The summed E-state index contributed by atoms with van der Waals surface area (Å²) < 4.78 is 0.872. The van der Waals surface area contributed by atoms with E-state index in [2.05, 4.69) is 31.9 Å². The molecule has 1 unspecified atom stereocenters. The third-order valence-corrected chi connectivity index (χ3v) is 4.19. The van der Waals surface area contributed by atoms with Gasteiger partial charge in [-0.25, -0.2) is 0 Å². The van der Waals surface area contributed by atoms with Crippen molar-refractivity contribution < 1.29 is 4.79 Å². The Bertz CT molecular complexity index is 394. The van der Waals surface area contributed by atoms with Crippen molar-refractivity contribution in [2.24, 2.45) is 0 Å². The molecule has 2 nitrogen and oxygen atoms in total. The smallest absolute Gasteiger partial charge is 0.255 e. The molecule has 16 heavy (non-hydrogen) atoms. The first-order valence-corrected chi connectivity index (χ1v) is 7.07. The number of likely N-dealkylation sites (tertiary alicyclic amines) is 1. The summed E-state index contributed by atoms with van der Waals surface area (Å²) in [5.74, 6) is 0.122. The zero-order valence-electron chi connectivity index (χ0n) is 8.83. The maximum Gasteiger partial charge on any atom is 0.255 e. The molecule has 1 aromatic carbocycles. The average molecular weight is 347 g/mol. The number of amides is 1. The molecule has 86 valence electrons. The summed E-state index contributed by atoms with van der Waals surface area (Å²) in [5, 5.41) is 0. The Morgan fingerprint density at radius 2 is 2.12 bits per heavy atom. The highest BCUT2D eigenvalue weighted by atomic mass is 79.9. The first-order valence-electron chi connectivity index (χ1n) is 5.36. The van der Waals surface area contributed by atoms with Crippen LogP contribution in [0.2, 0.25) is 0 Å². The van der Waals surface area contributed by atoms with Crippen molar-refractivity contribution in [1.82, 2.24) is 4.90 Å². The maximum atomic E-state index is 12.2. The molecule has 2 rings (SSSR count). The van der Waals surface area contributed by atoms with Gasteiger partial charge in [-0.3, -0.25) is 4.79 Å². The summed E-state index contributed by atoms with van der Waals surface area (Å²) in [6.45, 7) is 1.67. The summed E-state index contributed by atoms with van der Waals surface area (Å²) in [5.41, 5.74) is 0.754. The molecule has 1 amide bonds. The number of alkyl halides is 1. The Morgan fingerprint density at radius 1 is 1.38 bits per heavy atom. The number of benzene rings is 1. The van der Waals surface area contributed by atoms with Crippen LogP contribution in [0.3, 0.4) is 0 Å². The zero-order valence-corrected chi connectivity index (χ0v) is 12.0. The summed E-state index contributed by atoms with van der Waals surface area (Å²) in [4.78, 5) is 14.6. The van der Waals surface area contributed by atoms with E-state index in [9.17, 15) is 4.79 Å². The van der Waals surface area contributed by atoms with Crippen molar-refractivity contribution in [2.75, 3.05) is 13.1 Å². The van der Waals surface area contributed by atoms with Gasteiger partial charge in [0.2, 0.25) is 0 Å². The van der Waals surface area contributed by atoms with Gasteiger partial charge >= 0.3 is 0 Å². The van der Waals surface area contributed by atoms with E-state index in [1.54, 1.807) is 0 Å². The Kier molecular flexibility index (Phi) is 4.03. The molecule has 0 aromatic heterocycles. The van der Waals surface area contributed by atoms with Crippen LogP contribution >= 0.6 is 31.9 Å². The molecule has 0 saturated carbocycles. The third kappa shape index (κ3) is 2.66. The van der Waals surface area contributed by atoms with Crippen molar-refractivity contribution >= 4 is 37.8 Å². The van der Waals surface area contributed by atoms with Crippen molar-refractivity contribution in [3.63, 3.8) is 0 Å². The van der Waals surface area contributed by atoms with Crippen molar-refractivity contribution in [2.45, 2.75) is 17.7 Å². The molecular formula is C12H13Br2NO. The minimum atomic E-state index is 0.122. The second-order valence-electron chi connectivity index (χ2n) is 3.97. The lowest BCUT2D eigenvalue weighted by Crippen LogP contribution is -2.40. The van der Waals surface area contributed by atoms with Crippen LogP contribution in [0.15, 0.2) is 28.7 Å². The molecule has 1 fully saturated rings. The average Bonchev–Trinajstić information content (AvgIpc) is 2.29. The first-order chi connectivity index (χ1) is 7.68. The highest BCUT2D eigenvalue weighted by molar-refractivity contribution is 9.10. The summed E-state index contributed by atoms with van der Waals surface area (Å²) in [6.07, 6.45) is 2.23. The fourth-order valence-corrected chi connectivity index (χ4v) is 3.04. The van der Waals surface area contributed by atoms with Crippen LogP contribution in [0.25, 0.3) is 0 Å². The van der Waals surface area contributed by atoms with Crippen molar-refractivity contribution in [3.05, 3.63) is 34.3 Å². The Balaban J connectivity index is 2.16. The molecule has 1 saturated heterocycles. The Hall–Kier alpha value is -0.350. The number of nitrogens with zero attached hydrogens (tertiary/aromatic N) is 1. The van der Waals surface area contributed by atoms with Crippen LogP contribution in [-0.4, -0.2) is 28.7 Å². The van der Waals surface area contributed by atoms with E-state index in [0.717, 1.165) is 36.0 Å². The van der Waals surface area contributed by atoms with Gasteiger partial charge in [-0.1, -0.05) is 28.1 Å². The molecular weight excluding hydrogens is 334 g/mol. The number of rotatable bonds is 1. The summed E-state index contributed by atoms with van der Waals surface area (Å²) in [7, 11) is 0. The van der Waals surface area contributed by atoms with Crippen LogP contribution in [-0.2, 0) is 0 Å². The normalized spacial score (nSPS) is 20.9. The monoisotopic (exact) mass is 345 g/mol. The molecule has 4 heteroatoms. The Labute approximate surface area is 112 Å². The van der Waals surface area contributed by atoms with E-state index in [1.807, 2.05) is 29.2 Å². The molecule has 0 bridgehead atoms. The largest absolute Gasteiger partial charge is 0.337 e. The van der Waals surface area contributed by atoms with Gasteiger partial charge in [0.1, 0.15) is 0 Å². The second kappa shape index (κ2) is 5.32. The SMILES string of the molecule is O=C(c1ccccc1Br)N1CCCC(Br)C1. The molecule has 0 radical (unpaired) electrons. The van der Waals surface area contributed by atoms with E-state index in [1.165, 1.54) is 0 Å². The third-order valence-electron chi connectivity index (χ3n) is 2.76. The second-order valence-corrected chi connectivity index (χ2v) is 6.12. The fourth-order valence-electron chi connectivity index (χ4n) is 1.91. The van der Waals surface area contributed by atoms with Crippen molar-refractivity contribution in [3.8, 4) is 0 Å². The van der Waals surface area contributed by atoms with Gasteiger partial charge in [0, 0.05) is 22.4 Å². The molecule has 1 aliphatic heterocycles. The lowest BCUT2D eigenvalue weighted by atomic mass is 10.1. The van der Waals surface area contributed by atoms with E-state index < -0.39 is 0 Å². The number of carbonyl (C=O) groups is 1. The number of hydrogen-bond donors (Lipinski definition) is 0. The maximum absolute atomic E-state index is 12.2. The highest BCUT2D eigenvalue weighted by Crippen LogP contribution is 2.22. The molecule has 1 atom stereocenters. The van der Waals surface area contributed by atoms with Gasteiger partial charge in [-0.15, -0.1) is 0 Å². The van der Waals surface area contributed by atoms with Crippen LogP contribution in [0.4, 0.5) is 0 Å². The van der Waals surface area contributed by atoms with Gasteiger partial charge in [0.15, 0.2) is 0 Å². The van der Waals surface area contributed by atoms with Crippen LogP contribution in [0.5, 0.6) is 0 Å². The van der Waals surface area contributed by atoms with E-state index >= 15 is 0 Å². The van der Waals surface area contributed by atoms with Gasteiger partial charge in [-0.2, -0.15) is 0 Å². The fraction of sp³-hybridized carbons (Fsp3) is 0.417. The molecule has 1 aromatic rings. The number of halogens is 2. The van der Waals surface area contributed by atoms with Crippen molar-refractivity contribution in [1.29, 1.82) is 0 Å². The van der Waals surface area contributed by atoms with Crippen LogP contribution < -0.4 is 0 Å². The minimum Gasteiger partial charge on any atom is -0.337 e. The molecule has 0 N–H and O–H groups in total. The number of hydrogen-bond acceptors (Lipinski definition) is 1. The van der Waals surface area contributed by atoms with E-state index in [0.29, 0.717) is 4.83 Å². The zero-order chi connectivity index (χ0) is 11.5. The summed E-state index contributed by atoms with van der Waals surface area (Å²) >= 11 is 7.00. The number of piperidine rings is 1. The Morgan fingerprint density at radius 3 is 2.81 bits per heavy atom. The van der Waals surface area contributed by atoms with Gasteiger partial charge in [0.25, 0.3) is 5.91 Å². The lowest BCUT2D eigenvalue weighted by molar-refractivity contribution is 0.0729. The summed E-state index contributed by atoms with van der Waals surface area (Å²) in [6, 6.07) is 7.59. The van der Waals surface area contributed by atoms with Crippen LogP contribution in [0, 0.1) is 0 Å². The van der Waals surface area contributed by atoms with Gasteiger partial charge in [-0.05, 0) is 40.9 Å². The highest BCUT2D eigenvalue weighted by Gasteiger charge is 2.23. The quantitative estimate of drug-likeness (QED) is 0.713. The molecule has 1 aliphatic rings.